The van der Waals surface area contributed by atoms with Crippen LogP contribution in [0.4, 0.5) is 0 Å². The van der Waals surface area contributed by atoms with Crippen LogP contribution in [0.25, 0.3) is 0 Å². The van der Waals surface area contributed by atoms with Crippen molar-refractivity contribution in [2.45, 2.75) is 51.1 Å². The van der Waals surface area contributed by atoms with Gasteiger partial charge in [0.25, 0.3) is 0 Å². The van der Waals surface area contributed by atoms with Crippen LogP contribution in [0.5, 0.6) is 11.5 Å². The molecule has 1 amide bonds. The Hall–Kier alpha value is -1.75. The number of amides is 1. The molecule has 0 aromatic heterocycles. The second-order valence-electron chi connectivity index (χ2n) is 7.00. The standard InChI is InChI=1S/C20H30N2O3/c1-4-21-11-5-7-16(21)17-8-6-12-22(17)20(23)14-15-9-10-18(24-2)19(13-15)25-3/h9-10,13,16-17H,4-8,11-12,14H2,1-3H3. The van der Waals surface area contributed by atoms with Gasteiger partial charge in [0.1, 0.15) is 0 Å². The lowest BCUT2D eigenvalue weighted by Gasteiger charge is -2.34. The molecule has 2 aliphatic heterocycles. The molecule has 2 fully saturated rings. The van der Waals surface area contributed by atoms with Crippen molar-refractivity contribution in [3.8, 4) is 11.5 Å². The van der Waals surface area contributed by atoms with Crippen molar-refractivity contribution >= 4 is 5.91 Å². The molecule has 1 aromatic rings. The fourth-order valence-corrected chi connectivity index (χ4v) is 4.45. The van der Waals surface area contributed by atoms with Crippen LogP contribution in [0, 0.1) is 0 Å². The second-order valence-corrected chi connectivity index (χ2v) is 7.00. The van der Waals surface area contributed by atoms with Gasteiger partial charge in [-0.25, -0.2) is 0 Å². The van der Waals surface area contributed by atoms with Crippen LogP contribution in [0.15, 0.2) is 18.2 Å². The topological polar surface area (TPSA) is 42.0 Å². The maximum Gasteiger partial charge on any atom is 0.227 e. The summed E-state index contributed by atoms with van der Waals surface area (Å²) < 4.78 is 10.6. The SMILES string of the molecule is CCN1CCCC1C1CCCN1C(=O)Cc1ccc(OC)c(OC)c1. The lowest BCUT2D eigenvalue weighted by molar-refractivity contribution is -0.132. The first-order valence-electron chi connectivity index (χ1n) is 9.42. The monoisotopic (exact) mass is 346 g/mol. The van der Waals surface area contributed by atoms with Crippen molar-refractivity contribution < 1.29 is 14.3 Å². The summed E-state index contributed by atoms with van der Waals surface area (Å²) >= 11 is 0. The van der Waals surface area contributed by atoms with Crippen LogP contribution in [0.2, 0.25) is 0 Å². The number of carbonyl (C=O) groups is 1. The third-order valence-corrected chi connectivity index (χ3v) is 5.69. The minimum atomic E-state index is 0.234. The third kappa shape index (κ3) is 3.76. The summed E-state index contributed by atoms with van der Waals surface area (Å²) in [4.78, 5) is 17.6. The van der Waals surface area contributed by atoms with Gasteiger partial charge in [0.05, 0.1) is 20.6 Å². The van der Waals surface area contributed by atoms with E-state index in [9.17, 15) is 4.79 Å². The smallest absolute Gasteiger partial charge is 0.227 e. The number of carbonyl (C=O) groups excluding carboxylic acids is 1. The van der Waals surface area contributed by atoms with E-state index in [4.69, 9.17) is 9.47 Å². The van der Waals surface area contributed by atoms with E-state index in [1.807, 2.05) is 18.2 Å². The number of likely N-dealkylation sites (N-methyl/N-ethyl adjacent to an activating group) is 1. The highest BCUT2D eigenvalue weighted by Crippen LogP contribution is 2.31. The Bertz CT molecular complexity index is 605. The van der Waals surface area contributed by atoms with E-state index in [1.54, 1.807) is 14.2 Å². The van der Waals surface area contributed by atoms with Crippen LogP contribution >= 0.6 is 0 Å². The number of methoxy groups -OCH3 is 2. The number of hydrogen-bond donors (Lipinski definition) is 0. The lowest BCUT2D eigenvalue weighted by atomic mass is 10.0. The Morgan fingerprint density at radius 2 is 1.80 bits per heavy atom. The van der Waals surface area contributed by atoms with Gasteiger partial charge in [-0.3, -0.25) is 9.69 Å². The fraction of sp³-hybridized carbons (Fsp3) is 0.650. The highest BCUT2D eigenvalue weighted by Gasteiger charge is 2.38. The first kappa shape index (κ1) is 18.1. The molecule has 2 atom stereocenters. The molecule has 0 bridgehead atoms. The molecule has 0 N–H and O–H groups in total. The zero-order valence-electron chi connectivity index (χ0n) is 15.7. The number of rotatable bonds is 6. The predicted molar refractivity (Wildman–Crippen MR) is 98.3 cm³/mol. The molecule has 0 saturated carbocycles. The Kier molecular flexibility index (Phi) is 5.84. The molecule has 2 unspecified atom stereocenters. The Morgan fingerprint density at radius 3 is 2.52 bits per heavy atom. The summed E-state index contributed by atoms with van der Waals surface area (Å²) in [5.74, 6) is 1.61. The maximum atomic E-state index is 13.0. The number of ether oxygens (including phenoxy) is 2. The van der Waals surface area contributed by atoms with Crippen molar-refractivity contribution in [1.82, 2.24) is 9.80 Å². The van der Waals surface area contributed by atoms with Crippen LogP contribution in [-0.4, -0.2) is 61.6 Å². The molecule has 5 nitrogen and oxygen atoms in total. The van der Waals surface area contributed by atoms with Crippen LogP contribution in [0.3, 0.4) is 0 Å². The summed E-state index contributed by atoms with van der Waals surface area (Å²) in [7, 11) is 3.25. The largest absolute Gasteiger partial charge is 0.493 e. The summed E-state index contributed by atoms with van der Waals surface area (Å²) in [5.41, 5.74) is 0.979. The van der Waals surface area contributed by atoms with Crippen LogP contribution in [-0.2, 0) is 11.2 Å². The summed E-state index contributed by atoms with van der Waals surface area (Å²) in [6.07, 6.45) is 5.16. The van der Waals surface area contributed by atoms with E-state index in [1.165, 1.54) is 19.4 Å². The van der Waals surface area contributed by atoms with Gasteiger partial charge in [-0.05, 0) is 56.5 Å². The highest BCUT2D eigenvalue weighted by atomic mass is 16.5. The number of nitrogens with zero attached hydrogens (tertiary/aromatic N) is 2. The van der Waals surface area contributed by atoms with Crippen molar-refractivity contribution in [3.63, 3.8) is 0 Å². The summed E-state index contributed by atoms with van der Waals surface area (Å²) in [5, 5.41) is 0. The molecule has 2 aliphatic rings. The maximum absolute atomic E-state index is 13.0. The van der Waals surface area contributed by atoms with Gasteiger partial charge in [0.15, 0.2) is 11.5 Å². The van der Waals surface area contributed by atoms with Gasteiger partial charge in [-0.1, -0.05) is 13.0 Å². The summed E-state index contributed by atoms with van der Waals surface area (Å²) in [6.45, 7) is 5.38. The van der Waals surface area contributed by atoms with E-state index in [0.717, 1.165) is 31.5 Å². The van der Waals surface area contributed by atoms with E-state index in [0.29, 0.717) is 30.0 Å². The highest BCUT2D eigenvalue weighted by molar-refractivity contribution is 5.79. The third-order valence-electron chi connectivity index (χ3n) is 5.69. The Balaban J connectivity index is 1.70. The van der Waals surface area contributed by atoms with Gasteiger partial charge in [0, 0.05) is 18.6 Å². The van der Waals surface area contributed by atoms with E-state index in [-0.39, 0.29) is 5.91 Å². The average Bonchev–Trinajstić information content (AvgIpc) is 3.29. The Labute approximate surface area is 150 Å². The van der Waals surface area contributed by atoms with Crippen LogP contribution < -0.4 is 9.47 Å². The zero-order valence-corrected chi connectivity index (χ0v) is 15.7. The van der Waals surface area contributed by atoms with Gasteiger partial charge in [-0.2, -0.15) is 0 Å². The lowest BCUT2D eigenvalue weighted by Crippen LogP contribution is -2.48. The molecule has 0 aliphatic carbocycles. The minimum absolute atomic E-state index is 0.234. The molecule has 138 valence electrons. The molecular formula is C20H30N2O3. The zero-order chi connectivity index (χ0) is 17.8. The van der Waals surface area contributed by atoms with Crippen molar-refractivity contribution in [3.05, 3.63) is 23.8 Å². The van der Waals surface area contributed by atoms with Crippen molar-refractivity contribution in [2.75, 3.05) is 33.9 Å². The number of hydrogen-bond acceptors (Lipinski definition) is 4. The first-order chi connectivity index (χ1) is 12.2. The first-order valence-corrected chi connectivity index (χ1v) is 9.42. The van der Waals surface area contributed by atoms with Gasteiger partial charge >= 0.3 is 0 Å². The predicted octanol–water partition coefficient (Wildman–Crippen LogP) is 2.72. The quantitative estimate of drug-likeness (QED) is 0.794. The normalized spacial score (nSPS) is 23.9. The molecule has 25 heavy (non-hydrogen) atoms. The van der Waals surface area contributed by atoms with Gasteiger partial charge in [-0.15, -0.1) is 0 Å². The molecule has 3 rings (SSSR count). The fourth-order valence-electron chi connectivity index (χ4n) is 4.45. The molecule has 0 radical (unpaired) electrons. The summed E-state index contributed by atoms with van der Waals surface area (Å²) in [6, 6.07) is 6.67. The number of benzene rings is 1. The van der Waals surface area contributed by atoms with Gasteiger partial charge in [0.2, 0.25) is 5.91 Å². The molecule has 1 aromatic carbocycles. The molecular weight excluding hydrogens is 316 g/mol. The van der Waals surface area contributed by atoms with E-state index < -0.39 is 0 Å². The van der Waals surface area contributed by atoms with Gasteiger partial charge < -0.3 is 14.4 Å². The Morgan fingerprint density at radius 1 is 1.08 bits per heavy atom. The average molecular weight is 346 g/mol. The number of likely N-dealkylation sites (tertiary alicyclic amines) is 2. The van der Waals surface area contributed by atoms with E-state index in [2.05, 4.69) is 16.7 Å². The molecule has 2 saturated heterocycles. The van der Waals surface area contributed by atoms with Crippen molar-refractivity contribution in [1.29, 1.82) is 0 Å². The van der Waals surface area contributed by atoms with Crippen molar-refractivity contribution in [2.24, 2.45) is 0 Å². The van der Waals surface area contributed by atoms with Crippen LogP contribution in [0.1, 0.15) is 38.2 Å². The molecule has 0 spiro atoms. The molecule has 5 heteroatoms. The minimum Gasteiger partial charge on any atom is -0.493 e. The molecule has 2 heterocycles. The second kappa shape index (κ2) is 8.09. The van der Waals surface area contributed by atoms with E-state index >= 15 is 0 Å².